The quantitative estimate of drug-likeness (QED) is 0.840. The number of carbonyl (C=O) groups excluding carboxylic acids is 2. The summed E-state index contributed by atoms with van der Waals surface area (Å²) in [6.45, 7) is 2.92. The highest BCUT2D eigenvalue weighted by Crippen LogP contribution is 2.21. The summed E-state index contributed by atoms with van der Waals surface area (Å²) in [7, 11) is 0. The molecule has 1 aliphatic heterocycles. The van der Waals surface area contributed by atoms with Crippen LogP contribution in [0.2, 0.25) is 0 Å². The van der Waals surface area contributed by atoms with E-state index in [1.807, 2.05) is 4.90 Å². The predicted octanol–water partition coefficient (Wildman–Crippen LogP) is 1.99. The van der Waals surface area contributed by atoms with E-state index >= 15 is 0 Å². The van der Waals surface area contributed by atoms with Crippen LogP contribution in [-0.4, -0.2) is 50.8 Å². The van der Waals surface area contributed by atoms with Gasteiger partial charge in [-0.3, -0.25) is 9.59 Å². The van der Waals surface area contributed by atoms with Crippen molar-refractivity contribution in [3.05, 3.63) is 47.5 Å². The zero-order chi connectivity index (χ0) is 19.2. The molecule has 8 heteroatoms. The molecule has 1 aromatic heterocycles. The molecule has 0 aliphatic carbocycles. The number of amides is 2. The Morgan fingerprint density at radius 1 is 1.30 bits per heavy atom. The van der Waals surface area contributed by atoms with Crippen LogP contribution in [0.1, 0.15) is 48.7 Å². The summed E-state index contributed by atoms with van der Waals surface area (Å²) in [5.41, 5.74) is 0.755. The standard InChI is InChI=1S/C19H24FN5O2/c1-14(26)21-10-9-16-7-4-5-11-25(16)19(27)18-13-24(23-22-18)12-15-6-2-3-8-17(15)20/h2-3,6,8,13,16H,4-5,7,9-12H2,1H3,(H,21,26)/t16-/m0/s1. The van der Waals surface area contributed by atoms with Crippen molar-refractivity contribution in [1.82, 2.24) is 25.2 Å². The third-order valence-electron chi connectivity index (χ3n) is 4.79. The van der Waals surface area contributed by atoms with Gasteiger partial charge < -0.3 is 10.2 Å². The second-order valence-electron chi connectivity index (χ2n) is 6.81. The summed E-state index contributed by atoms with van der Waals surface area (Å²) in [6.07, 6.45) is 5.21. The molecule has 1 aliphatic rings. The fraction of sp³-hybridized carbons (Fsp3) is 0.474. The predicted molar refractivity (Wildman–Crippen MR) is 97.5 cm³/mol. The number of benzene rings is 1. The van der Waals surface area contributed by atoms with Crippen LogP contribution in [0.4, 0.5) is 4.39 Å². The van der Waals surface area contributed by atoms with Crippen LogP contribution in [0.25, 0.3) is 0 Å². The zero-order valence-electron chi connectivity index (χ0n) is 15.4. The Hall–Kier alpha value is -2.77. The molecule has 144 valence electrons. The van der Waals surface area contributed by atoms with Crippen molar-refractivity contribution in [1.29, 1.82) is 0 Å². The molecule has 0 bridgehead atoms. The summed E-state index contributed by atoms with van der Waals surface area (Å²) in [4.78, 5) is 25.8. The van der Waals surface area contributed by atoms with E-state index in [2.05, 4.69) is 15.6 Å². The lowest BCUT2D eigenvalue weighted by atomic mass is 9.99. The van der Waals surface area contributed by atoms with E-state index < -0.39 is 0 Å². The van der Waals surface area contributed by atoms with Crippen molar-refractivity contribution in [3.63, 3.8) is 0 Å². The second-order valence-corrected chi connectivity index (χ2v) is 6.81. The van der Waals surface area contributed by atoms with E-state index in [9.17, 15) is 14.0 Å². The number of nitrogens with zero attached hydrogens (tertiary/aromatic N) is 4. The van der Waals surface area contributed by atoms with Crippen LogP contribution >= 0.6 is 0 Å². The maximum Gasteiger partial charge on any atom is 0.276 e. The van der Waals surface area contributed by atoms with E-state index in [4.69, 9.17) is 0 Å². The normalized spacial score (nSPS) is 17.0. The minimum atomic E-state index is -0.310. The van der Waals surface area contributed by atoms with Crippen LogP contribution in [0.5, 0.6) is 0 Å². The first-order chi connectivity index (χ1) is 13.0. The number of aromatic nitrogens is 3. The molecule has 2 aromatic rings. The number of nitrogens with one attached hydrogen (secondary N) is 1. The van der Waals surface area contributed by atoms with Gasteiger partial charge in [0.2, 0.25) is 5.91 Å². The van der Waals surface area contributed by atoms with Gasteiger partial charge in [-0.2, -0.15) is 0 Å². The molecule has 7 nitrogen and oxygen atoms in total. The summed E-state index contributed by atoms with van der Waals surface area (Å²) in [5, 5.41) is 10.7. The van der Waals surface area contributed by atoms with Crippen molar-refractivity contribution in [2.45, 2.75) is 45.2 Å². The van der Waals surface area contributed by atoms with E-state index in [0.717, 1.165) is 19.3 Å². The molecule has 2 heterocycles. The van der Waals surface area contributed by atoms with E-state index in [-0.39, 0.29) is 35.9 Å². The minimum Gasteiger partial charge on any atom is -0.356 e. The maximum absolute atomic E-state index is 13.8. The Labute approximate surface area is 157 Å². The van der Waals surface area contributed by atoms with E-state index in [1.165, 1.54) is 17.7 Å². The third kappa shape index (κ3) is 4.90. The largest absolute Gasteiger partial charge is 0.356 e. The third-order valence-corrected chi connectivity index (χ3v) is 4.79. The van der Waals surface area contributed by atoms with E-state index in [0.29, 0.717) is 25.1 Å². The lowest BCUT2D eigenvalue weighted by molar-refractivity contribution is -0.119. The lowest BCUT2D eigenvalue weighted by Crippen LogP contribution is -2.45. The summed E-state index contributed by atoms with van der Waals surface area (Å²) < 4.78 is 15.3. The Morgan fingerprint density at radius 3 is 2.89 bits per heavy atom. The van der Waals surface area contributed by atoms with Crippen LogP contribution in [0, 0.1) is 5.82 Å². The summed E-state index contributed by atoms with van der Waals surface area (Å²) >= 11 is 0. The van der Waals surface area contributed by atoms with Crippen molar-refractivity contribution in [3.8, 4) is 0 Å². The van der Waals surface area contributed by atoms with Crippen LogP contribution in [-0.2, 0) is 11.3 Å². The molecule has 1 atom stereocenters. The molecule has 0 unspecified atom stereocenters. The van der Waals surface area contributed by atoms with Crippen LogP contribution in [0.3, 0.4) is 0 Å². The molecule has 1 saturated heterocycles. The zero-order valence-corrected chi connectivity index (χ0v) is 15.4. The number of carbonyl (C=O) groups is 2. The molecule has 3 rings (SSSR count). The molecule has 0 radical (unpaired) electrons. The van der Waals surface area contributed by atoms with Crippen LogP contribution in [0.15, 0.2) is 30.5 Å². The highest BCUT2D eigenvalue weighted by Gasteiger charge is 2.28. The van der Waals surface area contributed by atoms with Gasteiger partial charge in [0.05, 0.1) is 12.7 Å². The fourth-order valence-electron chi connectivity index (χ4n) is 3.40. The Morgan fingerprint density at radius 2 is 2.11 bits per heavy atom. The molecule has 1 fully saturated rings. The van der Waals surface area contributed by atoms with Gasteiger partial charge in [-0.25, -0.2) is 9.07 Å². The SMILES string of the molecule is CC(=O)NCC[C@@H]1CCCCN1C(=O)c1cn(Cc2ccccc2F)nn1. The number of piperidine rings is 1. The van der Waals surface area contributed by atoms with Crippen molar-refractivity contribution < 1.29 is 14.0 Å². The molecular formula is C19H24FN5O2. The van der Waals surface area contributed by atoms with Gasteiger partial charge >= 0.3 is 0 Å². The molecule has 1 aromatic carbocycles. The highest BCUT2D eigenvalue weighted by molar-refractivity contribution is 5.92. The van der Waals surface area contributed by atoms with Gasteiger partial charge in [-0.05, 0) is 31.7 Å². The second kappa shape index (κ2) is 8.75. The Kier molecular flexibility index (Phi) is 6.16. The average Bonchev–Trinajstić information content (AvgIpc) is 3.12. The van der Waals surface area contributed by atoms with Gasteiger partial charge in [-0.15, -0.1) is 5.10 Å². The topological polar surface area (TPSA) is 80.1 Å². The first kappa shape index (κ1) is 19.0. The number of rotatable bonds is 6. The minimum absolute atomic E-state index is 0.0697. The first-order valence-corrected chi connectivity index (χ1v) is 9.23. The number of hydrogen-bond acceptors (Lipinski definition) is 4. The van der Waals surface area contributed by atoms with Gasteiger partial charge in [0.1, 0.15) is 5.82 Å². The monoisotopic (exact) mass is 373 g/mol. The van der Waals surface area contributed by atoms with Crippen molar-refractivity contribution in [2.24, 2.45) is 0 Å². The Balaban J connectivity index is 1.66. The fourth-order valence-corrected chi connectivity index (χ4v) is 3.40. The molecule has 27 heavy (non-hydrogen) atoms. The number of hydrogen-bond donors (Lipinski definition) is 1. The number of halogens is 1. The summed E-state index contributed by atoms with van der Waals surface area (Å²) in [5.74, 6) is -0.544. The Bertz CT molecular complexity index is 807. The van der Waals surface area contributed by atoms with Crippen LogP contribution < -0.4 is 5.32 Å². The first-order valence-electron chi connectivity index (χ1n) is 9.23. The highest BCUT2D eigenvalue weighted by atomic mass is 19.1. The molecule has 1 N–H and O–H groups in total. The molecule has 0 saturated carbocycles. The maximum atomic E-state index is 13.8. The van der Waals surface area contributed by atoms with Crippen molar-refractivity contribution >= 4 is 11.8 Å². The van der Waals surface area contributed by atoms with Gasteiger partial charge in [0, 0.05) is 31.6 Å². The van der Waals surface area contributed by atoms with Gasteiger partial charge in [0.15, 0.2) is 5.69 Å². The molecule has 0 spiro atoms. The van der Waals surface area contributed by atoms with Crippen molar-refractivity contribution in [2.75, 3.05) is 13.1 Å². The smallest absolute Gasteiger partial charge is 0.276 e. The van der Waals surface area contributed by atoms with Gasteiger partial charge in [0.25, 0.3) is 5.91 Å². The summed E-state index contributed by atoms with van der Waals surface area (Å²) in [6, 6.07) is 6.55. The molecule has 2 amide bonds. The lowest BCUT2D eigenvalue weighted by Gasteiger charge is -2.35. The molecular weight excluding hydrogens is 349 g/mol. The van der Waals surface area contributed by atoms with E-state index in [1.54, 1.807) is 24.4 Å². The average molecular weight is 373 g/mol. The number of likely N-dealkylation sites (tertiary alicyclic amines) is 1. The van der Waals surface area contributed by atoms with Gasteiger partial charge in [-0.1, -0.05) is 23.4 Å².